The Morgan fingerprint density at radius 3 is 2.67 bits per heavy atom. The first-order valence-electron chi connectivity index (χ1n) is 9.59. The van der Waals surface area contributed by atoms with Crippen LogP contribution in [0.5, 0.6) is 0 Å². The van der Waals surface area contributed by atoms with Crippen molar-refractivity contribution in [1.29, 1.82) is 5.26 Å². The van der Waals surface area contributed by atoms with Crippen molar-refractivity contribution in [3.05, 3.63) is 63.9 Å². The average molecular weight is 425 g/mol. The lowest BCUT2D eigenvalue weighted by Crippen LogP contribution is -2.43. The van der Waals surface area contributed by atoms with Gasteiger partial charge in [-0.1, -0.05) is 23.7 Å². The van der Waals surface area contributed by atoms with Gasteiger partial charge in [0.25, 0.3) is 11.8 Å². The Bertz CT molecular complexity index is 1070. The molecular formula is C23H21ClN2O4. The molecule has 1 aromatic carbocycles. The first kappa shape index (κ1) is 21.6. The molecule has 2 heterocycles. The molecule has 0 saturated carbocycles. The van der Waals surface area contributed by atoms with Gasteiger partial charge in [0.15, 0.2) is 0 Å². The van der Waals surface area contributed by atoms with E-state index in [0.717, 1.165) is 10.5 Å². The monoisotopic (exact) mass is 424 g/mol. The average Bonchev–Trinajstić information content (AvgIpc) is 3.20. The van der Waals surface area contributed by atoms with Crippen LogP contribution in [0, 0.1) is 11.3 Å². The summed E-state index contributed by atoms with van der Waals surface area (Å²) in [5.41, 5.74) is 1.28. The summed E-state index contributed by atoms with van der Waals surface area (Å²) >= 11 is 6.22. The van der Waals surface area contributed by atoms with Gasteiger partial charge in [-0.2, -0.15) is 5.26 Å². The minimum atomic E-state index is -0.579. The van der Waals surface area contributed by atoms with E-state index in [9.17, 15) is 14.9 Å². The van der Waals surface area contributed by atoms with Gasteiger partial charge < -0.3 is 9.15 Å². The molecule has 7 heteroatoms. The fourth-order valence-corrected chi connectivity index (χ4v) is 3.41. The van der Waals surface area contributed by atoms with E-state index >= 15 is 0 Å². The number of benzene rings is 1. The van der Waals surface area contributed by atoms with Crippen molar-refractivity contribution in [3.63, 3.8) is 0 Å². The van der Waals surface area contributed by atoms with Crippen LogP contribution in [0.1, 0.15) is 26.0 Å². The second-order valence-electron chi connectivity index (χ2n) is 6.66. The van der Waals surface area contributed by atoms with Crippen LogP contribution in [0.25, 0.3) is 17.4 Å². The van der Waals surface area contributed by atoms with Gasteiger partial charge in [0.1, 0.15) is 23.2 Å². The second kappa shape index (κ2) is 9.57. The lowest BCUT2D eigenvalue weighted by atomic mass is 9.94. The quantitative estimate of drug-likeness (QED) is 0.368. The second-order valence-corrected chi connectivity index (χ2v) is 7.07. The van der Waals surface area contributed by atoms with E-state index in [4.69, 9.17) is 20.8 Å². The molecule has 154 valence electrons. The topological polar surface area (TPSA) is 83.5 Å². The molecule has 0 atom stereocenters. The molecule has 0 radical (unpaired) electrons. The summed E-state index contributed by atoms with van der Waals surface area (Å²) in [7, 11) is 0. The third-order valence-electron chi connectivity index (χ3n) is 4.75. The number of nitriles is 1. The van der Waals surface area contributed by atoms with Crippen molar-refractivity contribution in [2.24, 2.45) is 0 Å². The molecule has 0 N–H and O–H groups in total. The number of amides is 2. The van der Waals surface area contributed by atoms with Crippen molar-refractivity contribution < 1.29 is 18.7 Å². The van der Waals surface area contributed by atoms with Crippen molar-refractivity contribution in [2.45, 2.75) is 20.3 Å². The number of furan rings is 1. The number of rotatable bonds is 7. The molecule has 0 aliphatic carbocycles. The molecule has 1 aromatic heterocycles. The summed E-state index contributed by atoms with van der Waals surface area (Å²) in [6.45, 7) is 4.63. The van der Waals surface area contributed by atoms with Crippen LogP contribution in [-0.2, 0) is 14.3 Å². The first-order valence-corrected chi connectivity index (χ1v) is 9.97. The minimum Gasteiger partial charge on any atom is -0.457 e. The molecule has 6 nitrogen and oxygen atoms in total. The summed E-state index contributed by atoms with van der Waals surface area (Å²) in [6, 6.07) is 12.7. The summed E-state index contributed by atoms with van der Waals surface area (Å²) in [5, 5.41) is 10.0. The maximum absolute atomic E-state index is 13.0. The highest BCUT2D eigenvalue weighted by molar-refractivity contribution is 6.33. The number of imide groups is 1. The highest BCUT2D eigenvalue weighted by atomic mass is 35.5. The molecule has 1 aliphatic rings. The van der Waals surface area contributed by atoms with E-state index in [1.54, 1.807) is 31.2 Å². The van der Waals surface area contributed by atoms with Crippen LogP contribution in [-0.4, -0.2) is 36.5 Å². The van der Waals surface area contributed by atoms with Crippen LogP contribution in [0.3, 0.4) is 0 Å². The Hall–Kier alpha value is -3.14. The van der Waals surface area contributed by atoms with Gasteiger partial charge in [-0.05, 0) is 56.2 Å². The van der Waals surface area contributed by atoms with Crippen LogP contribution < -0.4 is 0 Å². The van der Waals surface area contributed by atoms with Gasteiger partial charge in [0.2, 0.25) is 0 Å². The normalized spacial score (nSPS) is 15.8. The summed E-state index contributed by atoms with van der Waals surface area (Å²) in [4.78, 5) is 26.7. The van der Waals surface area contributed by atoms with Crippen LogP contribution in [0.15, 0.2) is 57.5 Å². The van der Waals surface area contributed by atoms with Gasteiger partial charge in [-0.3, -0.25) is 14.5 Å². The molecule has 2 aromatic rings. The lowest BCUT2D eigenvalue weighted by Gasteiger charge is -2.27. The molecular weight excluding hydrogens is 404 g/mol. The van der Waals surface area contributed by atoms with Gasteiger partial charge in [-0.15, -0.1) is 0 Å². The van der Waals surface area contributed by atoms with E-state index in [1.807, 2.05) is 31.2 Å². The highest BCUT2D eigenvalue weighted by Crippen LogP contribution is 2.31. The van der Waals surface area contributed by atoms with Gasteiger partial charge in [0, 0.05) is 30.9 Å². The molecule has 2 amide bonds. The van der Waals surface area contributed by atoms with Crippen molar-refractivity contribution in [3.8, 4) is 17.4 Å². The fraction of sp³-hybridized carbons (Fsp3) is 0.261. The van der Waals surface area contributed by atoms with Crippen molar-refractivity contribution in [2.75, 3.05) is 19.8 Å². The molecule has 30 heavy (non-hydrogen) atoms. The smallest absolute Gasteiger partial charge is 0.271 e. The zero-order valence-electron chi connectivity index (χ0n) is 16.8. The van der Waals surface area contributed by atoms with E-state index in [2.05, 4.69) is 0 Å². The third-order valence-corrected chi connectivity index (χ3v) is 5.08. The number of halogens is 1. The lowest BCUT2D eigenvalue weighted by molar-refractivity contribution is -0.140. The number of ether oxygens (including phenoxy) is 1. The fourth-order valence-electron chi connectivity index (χ4n) is 3.18. The predicted octanol–water partition coefficient (Wildman–Crippen LogP) is 4.62. The molecule has 0 unspecified atom stereocenters. The molecule has 0 saturated heterocycles. The summed E-state index contributed by atoms with van der Waals surface area (Å²) in [5.74, 6) is -0.0513. The van der Waals surface area contributed by atoms with E-state index in [1.165, 1.54) is 0 Å². The van der Waals surface area contributed by atoms with E-state index < -0.39 is 11.8 Å². The molecule has 0 bridgehead atoms. The number of carbonyl (C=O) groups is 2. The highest BCUT2D eigenvalue weighted by Gasteiger charge is 2.35. The molecule has 3 rings (SSSR count). The number of carbonyl (C=O) groups excluding carboxylic acids is 2. The third kappa shape index (κ3) is 4.38. The van der Waals surface area contributed by atoms with Crippen LogP contribution >= 0.6 is 11.6 Å². The first-order chi connectivity index (χ1) is 14.5. The van der Waals surface area contributed by atoms with Crippen LogP contribution in [0.4, 0.5) is 0 Å². The Morgan fingerprint density at radius 1 is 1.20 bits per heavy atom. The van der Waals surface area contributed by atoms with E-state index in [0.29, 0.717) is 41.8 Å². The Kier molecular flexibility index (Phi) is 6.88. The predicted molar refractivity (Wildman–Crippen MR) is 113 cm³/mol. The Balaban J connectivity index is 1.93. The largest absolute Gasteiger partial charge is 0.457 e. The summed E-state index contributed by atoms with van der Waals surface area (Å²) < 4.78 is 11.1. The number of hydrogen-bond donors (Lipinski definition) is 0. The van der Waals surface area contributed by atoms with Crippen molar-refractivity contribution >= 4 is 29.5 Å². The zero-order valence-corrected chi connectivity index (χ0v) is 17.5. The molecule has 0 fully saturated rings. The number of hydrogen-bond acceptors (Lipinski definition) is 5. The van der Waals surface area contributed by atoms with Gasteiger partial charge in [-0.25, -0.2) is 0 Å². The molecule has 1 aliphatic heterocycles. The van der Waals surface area contributed by atoms with E-state index in [-0.39, 0.29) is 17.7 Å². The van der Waals surface area contributed by atoms with Gasteiger partial charge >= 0.3 is 0 Å². The Labute approximate surface area is 180 Å². The minimum absolute atomic E-state index is 0.0462. The van der Waals surface area contributed by atoms with Crippen LogP contribution in [0.2, 0.25) is 5.02 Å². The Morgan fingerprint density at radius 2 is 1.97 bits per heavy atom. The van der Waals surface area contributed by atoms with Crippen molar-refractivity contribution in [1.82, 2.24) is 4.90 Å². The summed E-state index contributed by atoms with van der Waals surface area (Å²) in [6.07, 6.45) is 2.05. The maximum Gasteiger partial charge on any atom is 0.271 e. The zero-order chi connectivity index (χ0) is 21.7. The molecule has 0 spiro atoms. The standard InChI is InChI=1S/C23H21ClN2O4/c1-3-29-12-6-11-26-22(27)18(15(2)19(14-25)23(26)28)13-16-9-10-21(30-16)17-7-4-5-8-20(17)24/h4-5,7-10,13H,3,6,11-12H2,1-2H3/b18-13+. The van der Waals surface area contributed by atoms with Gasteiger partial charge in [0.05, 0.1) is 5.02 Å². The maximum atomic E-state index is 13.0. The number of nitrogens with zero attached hydrogens (tertiary/aromatic N) is 2. The SMILES string of the molecule is CCOCCCN1C(=O)C(C#N)=C(C)/C(=C\c2ccc(-c3ccccc3Cl)o2)C1=O.